The van der Waals surface area contributed by atoms with E-state index in [1.807, 2.05) is 41.1 Å². The second-order valence-corrected chi connectivity index (χ2v) is 4.75. The second-order valence-electron chi connectivity index (χ2n) is 4.31. The van der Waals surface area contributed by atoms with Gasteiger partial charge in [-0.3, -0.25) is 9.48 Å². The van der Waals surface area contributed by atoms with E-state index in [1.165, 1.54) is 6.20 Å². The highest BCUT2D eigenvalue weighted by Gasteiger charge is 2.05. The molecule has 0 saturated heterocycles. The van der Waals surface area contributed by atoms with Crippen molar-refractivity contribution in [2.24, 2.45) is 0 Å². The maximum Gasteiger partial charge on any atom is 0.208 e. The molecular formula is C15H11ClN2O. The number of hydrogen-bond acceptors (Lipinski definition) is 2. The fraction of sp³-hybridized carbons (Fsp3) is 0.0667. The molecule has 0 N–H and O–H groups in total. The molecule has 0 amide bonds. The molecule has 0 fully saturated rings. The zero-order valence-corrected chi connectivity index (χ0v) is 10.8. The summed E-state index contributed by atoms with van der Waals surface area (Å²) in [6, 6.07) is 15.3. The number of benzene rings is 2. The van der Waals surface area contributed by atoms with E-state index in [0.29, 0.717) is 17.0 Å². The van der Waals surface area contributed by atoms with E-state index in [1.54, 1.807) is 12.1 Å². The third-order valence-corrected chi connectivity index (χ3v) is 3.23. The van der Waals surface area contributed by atoms with E-state index in [4.69, 9.17) is 11.6 Å². The van der Waals surface area contributed by atoms with Crippen LogP contribution in [-0.2, 0) is 6.54 Å². The number of rotatable bonds is 2. The SMILES string of the molecule is O=c1cnn(Cc2ccccc2)c2ccc(Cl)cc12. The topological polar surface area (TPSA) is 34.9 Å². The molecule has 0 atom stereocenters. The first-order chi connectivity index (χ1) is 9.24. The molecule has 0 aliphatic heterocycles. The second kappa shape index (κ2) is 4.86. The van der Waals surface area contributed by atoms with Crippen molar-refractivity contribution in [2.75, 3.05) is 0 Å². The van der Waals surface area contributed by atoms with Crippen LogP contribution in [0.4, 0.5) is 0 Å². The first kappa shape index (κ1) is 11.9. The van der Waals surface area contributed by atoms with Gasteiger partial charge in [-0.2, -0.15) is 5.10 Å². The van der Waals surface area contributed by atoms with Gasteiger partial charge in [0.15, 0.2) is 0 Å². The Bertz CT molecular complexity index is 781. The largest absolute Gasteiger partial charge is 0.287 e. The maximum atomic E-state index is 11.8. The normalized spacial score (nSPS) is 10.8. The van der Waals surface area contributed by atoms with Crippen LogP contribution in [0.25, 0.3) is 10.9 Å². The summed E-state index contributed by atoms with van der Waals surface area (Å²) in [5.41, 5.74) is 1.82. The minimum Gasteiger partial charge on any atom is -0.287 e. The van der Waals surface area contributed by atoms with Gasteiger partial charge in [-0.05, 0) is 23.8 Å². The standard InChI is InChI=1S/C15H11ClN2O/c16-12-6-7-14-13(8-12)15(19)9-17-18(14)10-11-4-2-1-3-5-11/h1-9H,10H2. The molecule has 1 heterocycles. The lowest BCUT2D eigenvalue weighted by molar-refractivity contribution is 0.695. The number of hydrogen-bond donors (Lipinski definition) is 0. The Kier molecular flexibility index (Phi) is 3.05. The summed E-state index contributed by atoms with van der Waals surface area (Å²) in [6.45, 7) is 0.624. The van der Waals surface area contributed by atoms with Crippen molar-refractivity contribution in [2.45, 2.75) is 6.54 Å². The molecule has 3 nitrogen and oxygen atoms in total. The highest BCUT2D eigenvalue weighted by atomic mass is 35.5. The summed E-state index contributed by atoms with van der Waals surface area (Å²) in [5.74, 6) is 0. The van der Waals surface area contributed by atoms with Crippen LogP contribution in [0.1, 0.15) is 5.56 Å². The minimum atomic E-state index is -0.109. The van der Waals surface area contributed by atoms with Gasteiger partial charge in [0.05, 0.1) is 23.6 Å². The highest BCUT2D eigenvalue weighted by molar-refractivity contribution is 6.31. The van der Waals surface area contributed by atoms with Gasteiger partial charge in [0.1, 0.15) is 0 Å². The summed E-state index contributed by atoms with van der Waals surface area (Å²) in [4.78, 5) is 11.8. The molecule has 0 radical (unpaired) electrons. The first-order valence-electron chi connectivity index (χ1n) is 5.93. The van der Waals surface area contributed by atoms with Crippen molar-refractivity contribution in [3.63, 3.8) is 0 Å². The Morgan fingerprint density at radius 1 is 1.11 bits per heavy atom. The van der Waals surface area contributed by atoms with Crippen molar-refractivity contribution in [1.29, 1.82) is 0 Å². The van der Waals surface area contributed by atoms with Crippen molar-refractivity contribution in [3.05, 3.63) is 75.5 Å². The molecule has 1 aromatic heterocycles. The van der Waals surface area contributed by atoms with Crippen molar-refractivity contribution >= 4 is 22.5 Å². The van der Waals surface area contributed by atoms with Crippen LogP contribution in [0.15, 0.2) is 59.5 Å². The Balaban J connectivity index is 2.15. The van der Waals surface area contributed by atoms with Crippen molar-refractivity contribution < 1.29 is 0 Å². The van der Waals surface area contributed by atoms with Gasteiger partial charge in [0.2, 0.25) is 5.43 Å². The van der Waals surface area contributed by atoms with Gasteiger partial charge in [0, 0.05) is 5.02 Å². The van der Waals surface area contributed by atoms with Gasteiger partial charge in [-0.15, -0.1) is 0 Å². The molecule has 2 aromatic carbocycles. The Labute approximate surface area is 115 Å². The fourth-order valence-electron chi connectivity index (χ4n) is 2.07. The molecule has 0 aliphatic carbocycles. The summed E-state index contributed by atoms with van der Waals surface area (Å²) in [7, 11) is 0. The van der Waals surface area contributed by atoms with E-state index in [-0.39, 0.29) is 5.43 Å². The summed E-state index contributed by atoms with van der Waals surface area (Å²) < 4.78 is 1.81. The first-order valence-corrected chi connectivity index (χ1v) is 6.31. The van der Waals surface area contributed by atoms with E-state index >= 15 is 0 Å². The molecule has 3 aromatic rings. The van der Waals surface area contributed by atoms with Crippen molar-refractivity contribution in [1.82, 2.24) is 9.78 Å². The van der Waals surface area contributed by atoms with Crippen LogP contribution in [-0.4, -0.2) is 9.78 Å². The lowest BCUT2D eigenvalue weighted by atomic mass is 10.2. The number of fused-ring (bicyclic) bond motifs is 1. The fourth-order valence-corrected chi connectivity index (χ4v) is 2.24. The summed E-state index contributed by atoms with van der Waals surface area (Å²) in [5, 5.41) is 5.35. The predicted octanol–water partition coefficient (Wildman–Crippen LogP) is 3.10. The number of nitrogens with zero attached hydrogens (tertiary/aromatic N) is 2. The summed E-state index contributed by atoms with van der Waals surface area (Å²) >= 11 is 5.93. The lowest BCUT2D eigenvalue weighted by Gasteiger charge is -2.09. The number of halogens is 1. The zero-order chi connectivity index (χ0) is 13.2. The van der Waals surface area contributed by atoms with Crippen LogP contribution >= 0.6 is 11.6 Å². The summed E-state index contributed by atoms with van der Waals surface area (Å²) in [6.07, 6.45) is 1.33. The molecule has 0 spiro atoms. The molecule has 94 valence electrons. The minimum absolute atomic E-state index is 0.109. The maximum absolute atomic E-state index is 11.8. The zero-order valence-electron chi connectivity index (χ0n) is 10.1. The number of aromatic nitrogens is 2. The van der Waals surface area contributed by atoms with Gasteiger partial charge in [-0.25, -0.2) is 0 Å². The van der Waals surface area contributed by atoms with Crippen LogP contribution in [0, 0.1) is 0 Å². The smallest absolute Gasteiger partial charge is 0.208 e. The highest BCUT2D eigenvalue weighted by Crippen LogP contribution is 2.16. The van der Waals surface area contributed by atoms with E-state index in [9.17, 15) is 4.79 Å². The Hall–Kier alpha value is -2.13. The molecule has 0 saturated carbocycles. The monoisotopic (exact) mass is 270 g/mol. The molecule has 3 rings (SSSR count). The molecule has 19 heavy (non-hydrogen) atoms. The van der Waals surface area contributed by atoms with Crippen LogP contribution in [0.5, 0.6) is 0 Å². The molecule has 0 unspecified atom stereocenters. The van der Waals surface area contributed by atoms with Gasteiger partial charge >= 0.3 is 0 Å². The molecule has 0 aliphatic rings. The van der Waals surface area contributed by atoms with Gasteiger partial charge in [0.25, 0.3) is 0 Å². The van der Waals surface area contributed by atoms with Gasteiger partial charge in [-0.1, -0.05) is 41.9 Å². The average molecular weight is 271 g/mol. The van der Waals surface area contributed by atoms with E-state index in [0.717, 1.165) is 11.1 Å². The van der Waals surface area contributed by atoms with E-state index in [2.05, 4.69) is 5.10 Å². The molecular weight excluding hydrogens is 260 g/mol. The van der Waals surface area contributed by atoms with Gasteiger partial charge < -0.3 is 0 Å². The molecule has 4 heteroatoms. The Morgan fingerprint density at radius 3 is 2.68 bits per heavy atom. The van der Waals surface area contributed by atoms with Crippen LogP contribution in [0.2, 0.25) is 5.02 Å². The third-order valence-electron chi connectivity index (χ3n) is 2.99. The van der Waals surface area contributed by atoms with Crippen LogP contribution in [0.3, 0.4) is 0 Å². The molecule has 0 bridgehead atoms. The predicted molar refractivity (Wildman–Crippen MR) is 76.6 cm³/mol. The third kappa shape index (κ3) is 2.37. The quantitative estimate of drug-likeness (QED) is 0.717. The average Bonchev–Trinajstić information content (AvgIpc) is 2.43. The van der Waals surface area contributed by atoms with Crippen molar-refractivity contribution in [3.8, 4) is 0 Å². The van der Waals surface area contributed by atoms with Crippen LogP contribution < -0.4 is 5.43 Å². The van der Waals surface area contributed by atoms with E-state index < -0.39 is 0 Å². The Morgan fingerprint density at radius 2 is 1.89 bits per heavy atom. The lowest BCUT2D eigenvalue weighted by Crippen LogP contribution is -2.12.